The minimum atomic E-state index is -1.36. The number of nitrogens with one attached hydrogen (secondary N) is 4. The number of hydrogen-bond donors (Lipinski definition) is 9. The van der Waals surface area contributed by atoms with Crippen LogP contribution >= 0.6 is 0 Å². The lowest BCUT2D eigenvalue weighted by Gasteiger charge is -2.29. The molecule has 1 heterocycles. The van der Waals surface area contributed by atoms with E-state index in [1.807, 2.05) is 0 Å². The van der Waals surface area contributed by atoms with Gasteiger partial charge in [0.05, 0.1) is 12.6 Å². The zero-order chi connectivity index (χ0) is 39.1. The van der Waals surface area contributed by atoms with Gasteiger partial charge in [0.25, 0.3) is 0 Å². The Morgan fingerprint density at radius 2 is 1.34 bits per heavy atom. The summed E-state index contributed by atoms with van der Waals surface area (Å²) in [5.74, 6) is -7.18. The minimum Gasteiger partial charge on any atom is -0.508 e. The number of hydrogen-bond acceptors (Lipinski definition) is 10. The molecule has 0 saturated carbocycles. The van der Waals surface area contributed by atoms with Crippen molar-refractivity contribution >= 4 is 47.4 Å². The molecule has 0 aromatic heterocycles. The van der Waals surface area contributed by atoms with E-state index >= 15 is 0 Å². The number of nitrogens with two attached hydrogens (primary N) is 2. The average molecular weight is 740 g/mol. The van der Waals surface area contributed by atoms with E-state index in [4.69, 9.17) is 16.6 Å². The second-order valence-electron chi connectivity index (χ2n) is 12.6. The molecule has 1 fully saturated rings. The van der Waals surface area contributed by atoms with Gasteiger partial charge < -0.3 is 53.0 Å². The lowest BCUT2D eigenvalue weighted by Crippen LogP contribution is -2.59. The largest absolute Gasteiger partial charge is 0.508 e. The van der Waals surface area contributed by atoms with E-state index in [-0.39, 0.29) is 57.2 Å². The number of phenolic OH excluding ortho intramolecular Hbond substituents is 1. The number of aromatic hydroxyl groups is 1. The van der Waals surface area contributed by atoms with Crippen molar-refractivity contribution < 1.29 is 53.7 Å². The summed E-state index contributed by atoms with van der Waals surface area (Å²) in [5.41, 5.74) is 12.1. The fraction of sp³-hybridized carbons (Fsp3) is 0.429. The summed E-state index contributed by atoms with van der Waals surface area (Å²) in [7, 11) is 0. The first-order chi connectivity index (χ1) is 25.1. The molecule has 2 aromatic carbocycles. The predicted molar refractivity (Wildman–Crippen MR) is 186 cm³/mol. The number of rotatable bonds is 20. The summed E-state index contributed by atoms with van der Waals surface area (Å²) in [6, 6.07) is 7.94. The third-order valence-electron chi connectivity index (χ3n) is 8.49. The highest BCUT2D eigenvalue weighted by Gasteiger charge is 2.38. The SMILES string of the molecule is NC(=O)CC[C@H](NC(=O)[C@H](Cc1ccccc1)NC(=O)[C@H](Cc1ccc(O)cc1)NC(=O)CNC(=O)[C@@H](N)CCC(=O)O)C(=O)N1CCC[C@H]1C(=O)O. The highest BCUT2D eigenvalue weighted by molar-refractivity contribution is 5.96. The van der Waals surface area contributed by atoms with E-state index in [9.17, 15) is 48.6 Å². The summed E-state index contributed by atoms with van der Waals surface area (Å²) in [5, 5.41) is 38.2. The molecule has 0 bridgehead atoms. The van der Waals surface area contributed by atoms with Crippen LogP contribution in [0.2, 0.25) is 0 Å². The first-order valence-electron chi connectivity index (χ1n) is 16.9. The van der Waals surface area contributed by atoms with Crippen LogP contribution in [0.25, 0.3) is 0 Å². The van der Waals surface area contributed by atoms with Crippen LogP contribution in [-0.4, -0.2) is 111 Å². The van der Waals surface area contributed by atoms with Crippen molar-refractivity contribution in [2.45, 2.75) is 81.6 Å². The fourth-order valence-electron chi connectivity index (χ4n) is 5.67. The van der Waals surface area contributed by atoms with E-state index in [2.05, 4.69) is 21.3 Å². The van der Waals surface area contributed by atoms with Crippen molar-refractivity contribution in [3.63, 3.8) is 0 Å². The van der Waals surface area contributed by atoms with Crippen LogP contribution in [0.3, 0.4) is 0 Å². The van der Waals surface area contributed by atoms with Gasteiger partial charge in [0, 0.05) is 32.2 Å². The van der Waals surface area contributed by atoms with Crippen LogP contribution in [0.4, 0.5) is 0 Å². The van der Waals surface area contributed by atoms with Crippen LogP contribution in [0, 0.1) is 0 Å². The molecule has 11 N–H and O–H groups in total. The van der Waals surface area contributed by atoms with Crippen molar-refractivity contribution in [1.82, 2.24) is 26.2 Å². The molecule has 286 valence electrons. The molecule has 1 saturated heterocycles. The van der Waals surface area contributed by atoms with Gasteiger partial charge in [0.15, 0.2) is 0 Å². The monoisotopic (exact) mass is 739 g/mol. The number of carbonyl (C=O) groups is 8. The molecule has 0 spiro atoms. The molecule has 53 heavy (non-hydrogen) atoms. The number of carboxylic acids is 2. The summed E-state index contributed by atoms with van der Waals surface area (Å²) in [6.07, 6.45) is -0.669. The Morgan fingerprint density at radius 1 is 0.755 bits per heavy atom. The number of carboxylic acid groups (broad SMARTS) is 2. The van der Waals surface area contributed by atoms with Gasteiger partial charge in [-0.15, -0.1) is 0 Å². The van der Waals surface area contributed by atoms with Gasteiger partial charge in [-0.1, -0.05) is 42.5 Å². The zero-order valence-corrected chi connectivity index (χ0v) is 28.9. The van der Waals surface area contributed by atoms with Gasteiger partial charge in [-0.3, -0.25) is 33.6 Å². The van der Waals surface area contributed by atoms with E-state index in [0.29, 0.717) is 17.5 Å². The molecule has 3 rings (SSSR count). The Hall–Kier alpha value is -6.04. The van der Waals surface area contributed by atoms with Crippen LogP contribution in [0.15, 0.2) is 54.6 Å². The van der Waals surface area contributed by atoms with E-state index in [1.54, 1.807) is 30.3 Å². The minimum absolute atomic E-state index is 0.0515. The molecule has 6 amide bonds. The maximum absolute atomic E-state index is 13.9. The Bertz CT molecular complexity index is 1640. The smallest absolute Gasteiger partial charge is 0.326 e. The molecule has 18 nitrogen and oxygen atoms in total. The number of aliphatic carboxylic acids is 2. The maximum atomic E-state index is 13.9. The predicted octanol–water partition coefficient (Wildman–Crippen LogP) is -1.72. The average Bonchev–Trinajstić information content (AvgIpc) is 3.62. The van der Waals surface area contributed by atoms with Crippen molar-refractivity contribution in [2.75, 3.05) is 13.1 Å². The van der Waals surface area contributed by atoms with E-state index in [1.165, 1.54) is 24.3 Å². The van der Waals surface area contributed by atoms with Crippen LogP contribution in [0.1, 0.15) is 49.7 Å². The van der Waals surface area contributed by atoms with Crippen LogP contribution in [0.5, 0.6) is 5.75 Å². The second-order valence-corrected chi connectivity index (χ2v) is 12.6. The fourth-order valence-corrected chi connectivity index (χ4v) is 5.67. The van der Waals surface area contributed by atoms with Crippen molar-refractivity contribution in [2.24, 2.45) is 11.5 Å². The van der Waals surface area contributed by atoms with Crippen molar-refractivity contribution in [3.05, 3.63) is 65.7 Å². The number of amides is 6. The molecule has 1 aliphatic heterocycles. The molecular formula is C35H45N7O11. The van der Waals surface area contributed by atoms with Gasteiger partial charge in [0.1, 0.15) is 29.9 Å². The highest BCUT2D eigenvalue weighted by atomic mass is 16.4. The quantitative estimate of drug-likeness (QED) is 0.0733. The first kappa shape index (κ1) is 41.4. The van der Waals surface area contributed by atoms with Crippen molar-refractivity contribution in [3.8, 4) is 5.75 Å². The molecule has 18 heteroatoms. The van der Waals surface area contributed by atoms with E-state index in [0.717, 1.165) is 4.90 Å². The molecule has 0 aliphatic carbocycles. The number of carbonyl (C=O) groups excluding carboxylic acids is 6. The lowest BCUT2D eigenvalue weighted by molar-refractivity contribution is -0.149. The Balaban J connectivity index is 1.85. The maximum Gasteiger partial charge on any atom is 0.326 e. The number of primary amides is 1. The topological polar surface area (TPSA) is 301 Å². The third kappa shape index (κ3) is 13.6. The molecule has 5 atom stereocenters. The zero-order valence-electron chi connectivity index (χ0n) is 28.9. The van der Waals surface area contributed by atoms with E-state index < -0.39 is 84.1 Å². The molecule has 2 aromatic rings. The number of nitrogens with zero attached hydrogens (tertiary/aromatic N) is 1. The summed E-state index contributed by atoms with van der Waals surface area (Å²) in [6.45, 7) is -0.499. The number of likely N-dealkylation sites (tertiary alicyclic amines) is 1. The lowest BCUT2D eigenvalue weighted by atomic mass is 10.0. The number of benzene rings is 2. The normalized spacial score (nSPS) is 15.9. The molecule has 1 aliphatic rings. The van der Waals surface area contributed by atoms with Gasteiger partial charge in [-0.25, -0.2) is 4.79 Å². The molecule has 0 radical (unpaired) electrons. The first-order valence-corrected chi connectivity index (χ1v) is 16.9. The van der Waals surface area contributed by atoms with Crippen LogP contribution in [-0.2, 0) is 51.2 Å². The second kappa shape index (κ2) is 20.1. The Morgan fingerprint density at radius 3 is 1.92 bits per heavy atom. The Labute approximate surface area is 304 Å². The third-order valence-corrected chi connectivity index (χ3v) is 8.49. The summed E-state index contributed by atoms with van der Waals surface area (Å²) in [4.78, 5) is 102. The van der Waals surface area contributed by atoms with Gasteiger partial charge in [0.2, 0.25) is 35.4 Å². The molecule has 0 unspecified atom stereocenters. The van der Waals surface area contributed by atoms with Crippen molar-refractivity contribution in [1.29, 1.82) is 0 Å². The Kier molecular flexibility index (Phi) is 15.7. The highest BCUT2D eigenvalue weighted by Crippen LogP contribution is 2.20. The summed E-state index contributed by atoms with van der Waals surface area (Å²) >= 11 is 0. The van der Waals surface area contributed by atoms with Gasteiger partial charge >= 0.3 is 11.9 Å². The van der Waals surface area contributed by atoms with Gasteiger partial charge in [-0.2, -0.15) is 0 Å². The standard InChI is InChI=1S/C35H45N7O11/c36-23(12-15-30(46)47)31(48)38-19-29(45)39-25(18-21-8-10-22(43)11-9-21)32(49)41-26(17-20-5-2-1-3-6-20)33(50)40-24(13-14-28(37)44)34(51)42-16-4-7-27(42)35(52)53/h1-3,5-6,8-11,23-27,43H,4,7,12-19,36H2,(H2,37,44)(H,38,48)(H,39,45)(H,40,50)(H,41,49)(H,46,47)(H,52,53)/t23-,24-,25-,26-,27-/m0/s1. The number of phenols is 1. The summed E-state index contributed by atoms with van der Waals surface area (Å²) < 4.78 is 0. The molecular weight excluding hydrogens is 694 g/mol. The van der Waals surface area contributed by atoms with Gasteiger partial charge in [-0.05, 0) is 48.9 Å². The van der Waals surface area contributed by atoms with Crippen LogP contribution < -0.4 is 32.7 Å².